The summed E-state index contributed by atoms with van der Waals surface area (Å²) >= 11 is 1.57. The summed E-state index contributed by atoms with van der Waals surface area (Å²) in [5.74, 6) is 1.55. The minimum absolute atomic E-state index is 0.144. The van der Waals surface area contributed by atoms with Gasteiger partial charge in [0.1, 0.15) is 11.4 Å². The normalized spacial score (nSPS) is 17.9. The van der Waals surface area contributed by atoms with Crippen LogP contribution >= 0.6 is 11.8 Å². The minimum Gasteiger partial charge on any atom is -0.497 e. The first-order valence-corrected chi connectivity index (χ1v) is 10.3. The maximum Gasteiger partial charge on any atom is 0.276 e. The average Bonchev–Trinajstić information content (AvgIpc) is 2.73. The maximum absolute atomic E-state index is 13.0. The van der Waals surface area contributed by atoms with Crippen LogP contribution in [0.4, 0.5) is 0 Å². The molecule has 0 fully saturated rings. The number of methoxy groups -OCH3 is 1. The van der Waals surface area contributed by atoms with Crippen molar-refractivity contribution in [3.8, 4) is 5.75 Å². The highest BCUT2D eigenvalue weighted by Crippen LogP contribution is 2.31. The molecule has 2 aliphatic heterocycles. The van der Waals surface area contributed by atoms with Gasteiger partial charge >= 0.3 is 0 Å². The van der Waals surface area contributed by atoms with Crippen molar-refractivity contribution in [2.75, 3.05) is 12.9 Å². The number of para-hydroxylation sites is 1. The predicted molar refractivity (Wildman–Crippen MR) is 111 cm³/mol. The van der Waals surface area contributed by atoms with Gasteiger partial charge in [-0.15, -0.1) is 5.10 Å². The smallest absolute Gasteiger partial charge is 0.276 e. The third-order valence-corrected chi connectivity index (χ3v) is 5.62. The molecule has 0 spiro atoms. The largest absolute Gasteiger partial charge is 0.497 e. The molecular weight excluding hydrogens is 372 g/mol. The molecule has 2 aromatic carbocycles. The topological polar surface area (TPSA) is 66.3 Å². The molecule has 0 bridgehead atoms. The molecule has 2 aromatic rings. The standard InChI is InChI=1S/C21H22N4O2S/c1-3-4-13-28-21-23-20(26)18-16-7-5-6-8-17(16)22-19(25(18)24-21)14-9-11-15(27-2)12-10-14/h5-12,19H,3-4,13H2,1-2H3,(H,23,24,26). The fourth-order valence-corrected chi connectivity index (χ4v) is 4.14. The minimum atomic E-state index is -0.399. The fourth-order valence-electron chi connectivity index (χ4n) is 3.20. The van der Waals surface area contributed by atoms with Gasteiger partial charge in [0.2, 0.25) is 0 Å². The number of thioether (sulfide) groups is 1. The van der Waals surface area contributed by atoms with Crippen molar-refractivity contribution in [2.24, 2.45) is 10.1 Å². The van der Waals surface area contributed by atoms with E-state index >= 15 is 0 Å². The molecule has 6 nitrogen and oxygen atoms in total. The van der Waals surface area contributed by atoms with Crippen molar-refractivity contribution in [2.45, 2.75) is 25.9 Å². The molecule has 0 aromatic heterocycles. The summed E-state index contributed by atoms with van der Waals surface area (Å²) in [7, 11) is 1.64. The van der Waals surface area contributed by atoms with Crippen molar-refractivity contribution >= 4 is 28.5 Å². The number of nitrogens with one attached hydrogen (secondary N) is 1. The van der Waals surface area contributed by atoms with Crippen LogP contribution in [0.2, 0.25) is 0 Å². The van der Waals surface area contributed by atoms with Gasteiger partial charge in [0.05, 0.1) is 12.5 Å². The summed E-state index contributed by atoms with van der Waals surface area (Å²) in [4.78, 5) is 17.9. The molecular formula is C21H22N4O2S. The van der Waals surface area contributed by atoms with Crippen LogP contribution in [0.1, 0.15) is 31.5 Å². The summed E-state index contributed by atoms with van der Waals surface area (Å²) < 4.78 is 5.26. The molecule has 1 atom stereocenters. The first-order valence-electron chi connectivity index (χ1n) is 9.34. The molecule has 28 heavy (non-hydrogen) atoms. The number of hydrazone groups is 1. The van der Waals surface area contributed by atoms with E-state index in [-0.39, 0.29) is 5.91 Å². The highest BCUT2D eigenvalue weighted by Gasteiger charge is 2.34. The van der Waals surface area contributed by atoms with Gasteiger partial charge < -0.3 is 4.74 Å². The van der Waals surface area contributed by atoms with Crippen molar-refractivity contribution < 1.29 is 9.53 Å². The second kappa shape index (κ2) is 8.06. The van der Waals surface area contributed by atoms with E-state index in [1.807, 2.05) is 48.5 Å². The molecule has 0 saturated carbocycles. The summed E-state index contributed by atoms with van der Waals surface area (Å²) in [6, 6.07) is 15.4. The number of rotatable bonds is 5. The third kappa shape index (κ3) is 3.49. The molecule has 0 radical (unpaired) electrons. The van der Waals surface area contributed by atoms with E-state index in [2.05, 4.69) is 12.2 Å². The number of ether oxygens (including phenoxy) is 1. The Kier molecular flexibility index (Phi) is 5.34. The molecule has 0 aliphatic carbocycles. The zero-order valence-electron chi connectivity index (χ0n) is 15.9. The van der Waals surface area contributed by atoms with E-state index in [0.717, 1.165) is 40.5 Å². The summed E-state index contributed by atoms with van der Waals surface area (Å²) in [5, 5.41) is 11.6. The number of amides is 1. The summed E-state index contributed by atoms with van der Waals surface area (Å²) in [6.07, 6.45) is 1.78. The lowest BCUT2D eigenvalue weighted by Gasteiger charge is -2.34. The molecule has 0 saturated heterocycles. The Morgan fingerprint density at radius 3 is 2.71 bits per heavy atom. The Hall–Kier alpha value is -2.80. The molecule has 7 heteroatoms. The number of carbonyl (C=O) groups is 1. The number of unbranched alkanes of at least 4 members (excludes halogenated alkanes) is 1. The zero-order chi connectivity index (χ0) is 19.5. The Morgan fingerprint density at radius 2 is 1.96 bits per heavy atom. The number of nitrogens with zero attached hydrogens (tertiary/aromatic N) is 3. The highest BCUT2D eigenvalue weighted by molar-refractivity contribution is 8.13. The molecule has 144 valence electrons. The zero-order valence-corrected chi connectivity index (χ0v) is 16.7. The van der Waals surface area contributed by atoms with Gasteiger partial charge in [-0.3, -0.25) is 15.1 Å². The van der Waals surface area contributed by atoms with Crippen LogP contribution in [-0.4, -0.2) is 28.9 Å². The van der Waals surface area contributed by atoms with E-state index in [1.54, 1.807) is 23.9 Å². The van der Waals surface area contributed by atoms with Gasteiger partial charge in [0, 0.05) is 11.0 Å². The number of benzene rings is 2. The van der Waals surface area contributed by atoms with E-state index in [4.69, 9.17) is 14.8 Å². The SMILES string of the molecule is CCCCSC1=NN2C(=c3ccccc3=NC2c2ccc(OC)cc2)C(=O)N1. The second-order valence-corrected chi connectivity index (χ2v) is 7.63. The molecule has 2 heterocycles. The lowest BCUT2D eigenvalue weighted by molar-refractivity contribution is -0.116. The monoisotopic (exact) mass is 394 g/mol. The van der Waals surface area contributed by atoms with Gasteiger partial charge in [-0.05, 0) is 30.2 Å². The molecule has 2 aliphatic rings. The Labute approximate surface area is 168 Å². The molecule has 1 unspecified atom stereocenters. The lowest BCUT2D eigenvalue weighted by Crippen LogP contribution is -2.50. The Bertz CT molecular complexity index is 1030. The number of hydrogen-bond donors (Lipinski definition) is 1. The van der Waals surface area contributed by atoms with E-state index in [9.17, 15) is 4.79 Å². The van der Waals surface area contributed by atoms with E-state index in [1.165, 1.54) is 0 Å². The van der Waals surface area contributed by atoms with Gasteiger partial charge in [-0.25, -0.2) is 5.01 Å². The summed E-state index contributed by atoms with van der Waals surface area (Å²) in [5.41, 5.74) is 1.48. The van der Waals surface area contributed by atoms with Crippen LogP contribution in [0.5, 0.6) is 5.75 Å². The van der Waals surface area contributed by atoms with Crippen LogP contribution in [0.15, 0.2) is 58.6 Å². The molecule has 1 amide bonds. The Morgan fingerprint density at radius 1 is 1.18 bits per heavy atom. The first kappa shape index (κ1) is 18.6. The van der Waals surface area contributed by atoms with Gasteiger partial charge in [0.25, 0.3) is 5.91 Å². The van der Waals surface area contributed by atoms with Crippen molar-refractivity contribution in [1.82, 2.24) is 10.3 Å². The van der Waals surface area contributed by atoms with Crippen LogP contribution in [0.3, 0.4) is 0 Å². The number of amidine groups is 1. The lowest BCUT2D eigenvalue weighted by atomic mass is 10.1. The average molecular weight is 395 g/mol. The fraction of sp³-hybridized carbons (Fsp3) is 0.286. The quantitative estimate of drug-likeness (QED) is 0.791. The number of carbonyl (C=O) groups excluding carboxylic acids is 1. The van der Waals surface area contributed by atoms with Crippen molar-refractivity contribution in [1.29, 1.82) is 0 Å². The van der Waals surface area contributed by atoms with Crippen molar-refractivity contribution in [3.63, 3.8) is 0 Å². The summed E-state index contributed by atoms with van der Waals surface area (Å²) in [6.45, 7) is 2.15. The van der Waals surface area contributed by atoms with Gasteiger partial charge in [-0.2, -0.15) is 0 Å². The van der Waals surface area contributed by atoms with Crippen LogP contribution in [0.25, 0.3) is 5.70 Å². The highest BCUT2D eigenvalue weighted by atomic mass is 32.2. The first-order chi connectivity index (χ1) is 13.7. The molecule has 4 rings (SSSR count). The second-order valence-electron chi connectivity index (χ2n) is 6.55. The van der Waals surface area contributed by atoms with Gasteiger partial charge in [0.15, 0.2) is 11.3 Å². The van der Waals surface area contributed by atoms with Crippen LogP contribution in [0, 0.1) is 0 Å². The number of hydrogen-bond acceptors (Lipinski definition) is 6. The Balaban J connectivity index is 1.81. The van der Waals surface area contributed by atoms with E-state index in [0.29, 0.717) is 10.9 Å². The predicted octanol–water partition coefficient (Wildman–Crippen LogP) is 2.37. The van der Waals surface area contributed by atoms with Gasteiger partial charge in [-0.1, -0.05) is 55.4 Å². The number of fused-ring (bicyclic) bond motifs is 2. The van der Waals surface area contributed by atoms with Crippen LogP contribution < -0.4 is 20.6 Å². The third-order valence-electron chi connectivity index (χ3n) is 4.67. The molecule has 1 N–H and O–H groups in total. The van der Waals surface area contributed by atoms with Crippen molar-refractivity contribution in [3.05, 3.63) is 64.7 Å². The maximum atomic E-state index is 13.0. The van der Waals surface area contributed by atoms with Crippen LogP contribution in [-0.2, 0) is 4.79 Å². The van der Waals surface area contributed by atoms with E-state index < -0.39 is 6.17 Å².